The van der Waals surface area contributed by atoms with Crippen molar-refractivity contribution < 1.29 is 14.5 Å². The van der Waals surface area contributed by atoms with Crippen LogP contribution in [-0.4, -0.2) is 27.7 Å². The Hall–Kier alpha value is -4.79. The van der Waals surface area contributed by atoms with Gasteiger partial charge in [-0.05, 0) is 36.8 Å². The van der Waals surface area contributed by atoms with Gasteiger partial charge in [-0.25, -0.2) is 4.68 Å². The second kappa shape index (κ2) is 10.0. The average molecular weight is 470 g/mol. The number of amides is 1. The first-order valence-corrected chi connectivity index (χ1v) is 10.7. The van der Waals surface area contributed by atoms with Gasteiger partial charge in [-0.15, -0.1) is 0 Å². The molecule has 35 heavy (non-hydrogen) atoms. The predicted octanol–water partition coefficient (Wildman–Crippen LogP) is 4.30. The molecule has 0 atom stereocenters. The van der Waals surface area contributed by atoms with Crippen LogP contribution in [0.5, 0.6) is 5.75 Å². The summed E-state index contributed by atoms with van der Waals surface area (Å²) in [5.41, 5.74) is 1.73. The molecule has 0 unspecified atom stereocenters. The van der Waals surface area contributed by atoms with Crippen LogP contribution in [0.3, 0.4) is 0 Å². The molecule has 176 valence electrons. The van der Waals surface area contributed by atoms with Gasteiger partial charge >= 0.3 is 0 Å². The normalized spacial score (nSPS) is 10.6. The Morgan fingerprint density at radius 2 is 1.77 bits per heavy atom. The van der Waals surface area contributed by atoms with Crippen molar-refractivity contribution in [1.82, 2.24) is 9.78 Å². The summed E-state index contributed by atoms with van der Waals surface area (Å²) in [7, 11) is 1.57. The Morgan fingerprint density at radius 1 is 1.06 bits per heavy atom. The number of aromatic nitrogens is 2. The lowest BCUT2D eigenvalue weighted by Crippen LogP contribution is -2.27. The number of carbonyl (C=O) groups is 1. The highest BCUT2D eigenvalue weighted by Gasteiger charge is 2.20. The minimum Gasteiger partial charge on any atom is -0.496 e. The number of aryl methyl sites for hydroxylation is 1. The summed E-state index contributed by atoms with van der Waals surface area (Å²) in [6, 6.07) is 22.2. The Kier molecular flexibility index (Phi) is 6.68. The molecule has 0 radical (unpaired) electrons. The van der Waals surface area contributed by atoms with E-state index in [2.05, 4.69) is 10.4 Å². The molecule has 0 saturated carbocycles. The van der Waals surface area contributed by atoms with Gasteiger partial charge in [0.2, 0.25) is 5.43 Å². The van der Waals surface area contributed by atoms with Crippen LogP contribution >= 0.6 is 0 Å². The summed E-state index contributed by atoms with van der Waals surface area (Å²) in [5, 5.41) is 18.3. The number of hydrogen-bond acceptors (Lipinski definition) is 6. The van der Waals surface area contributed by atoms with Gasteiger partial charge in [-0.2, -0.15) is 5.10 Å². The van der Waals surface area contributed by atoms with Gasteiger partial charge in [0, 0.05) is 35.5 Å². The maximum absolute atomic E-state index is 13.0. The summed E-state index contributed by atoms with van der Waals surface area (Å²) < 4.78 is 6.68. The van der Waals surface area contributed by atoms with E-state index in [0.717, 1.165) is 11.1 Å². The topological polar surface area (TPSA) is 116 Å². The van der Waals surface area contributed by atoms with Gasteiger partial charge in [0.1, 0.15) is 11.4 Å². The first-order chi connectivity index (χ1) is 16.9. The zero-order valence-electron chi connectivity index (χ0n) is 19.1. The number of ether oxygens (including phenoxy) is 1. The molecule has 9 nitrogen and oxygen atoms in total. The van der Waals surface area contributed by atoms with E-state index in [-0.39, 0.29) is 17.1 Å². The van der Waals surface area contributed by atoms with Crippen LogP contribution in [0.4, 0.5) is 11.4 Å². The molecule has 0 aliphatic rings. The lowest BCUT2D eigenvalue weighted by atomic mass is 10.0. The van der Waals surface area contributed by atoms with Crippen LogP contribution in [0.15, 0.2) is 83.7 Å². The molecule has 4 rings (SSSR count). The Morgan fingerprint density at radius 3 is 2.49 bits per heavy atom. The van der Waals surface area contributed by atoms with Crippen LogP contribution in [0.1, 0.15) is 27.3 Å². The molecule has 0 bridgehead atoms. The fourth-order valence-electron chi connectivity index (χ4n) is 3.75. The SMILES string of the molecule is COc1ccc(NC(=O)c2nn(-c3ccccc3[N+](=O)[O-])c(C)cc2=O)cc1Cc1ccccc1. The molecule has 0 aliphatic heterocycles. The van der Waals surface area contributed by atoms with Crippen molar-refractivity contribution >= 4 is 17.3 Å². The molecule has 0 aliphatic carbocycles. The summed E-state index contributed by atoms with van der Waals surface area (Å²) >= 11 is 0. The van der Waals surface area contributed by atoms with Gasteiger partial charge < -0.3 is 10.1 Å². The van der Waals surface area contributed by atoms with Crippen LogP contribution in [0.2, 0.25) is 0 Å². The fraction of sp³-hybridized carbons (Fsp3) is 0.115. The number of nitro groups is 1. The monoisotopic (exact) mass is 470 g/mol. The van der Waals surface area contributed by atoms with Crippen molar-refractivity contribution in [2.24, 2.45) is 0 Å². The van der Waals surface area contributed by atoms with E-state index in [1.165, 1.54) is 28.9 Å². The minimum absolute atomic E-state index is 0.152. The van der Waals surface area contributed by atoms with Crippen LogP contribution in [0.25, 0.3) is 5.69 Å². The summed E-state index contributed by atoms with van der Waals surface area (Å²) in [4.78, 5) is 36.5. The van der Waals surface area contributed by atoms with Crippen molar-refractivity contribution in [2.75, 3.05) is 12.4 Å². The Bertz CT molecular complexity index is 1460. The number of para-hydroxylation sites is 2. The van der Waals surface area contributed by atoms with Crippen molar-refractivity contribution in [2.45, 2.75) is 13.3 Å². The lowest BCUT2D eigenvalue weighted by molar-refractivity contribution is -0.384. The highest BCUT2D eigenvalue weighted by molar-refractivity contribution is 6.02. The standard InChI is InChI=1S/C26H22N4O5/c1-17-14-23(31)25(28-29(17)21-10-6-7-11-22(21)30(33)34)26(32)27-20-12-13-24(35-2)19(16-20)15-18-8-4-3-5-9-18/h3-14,16H,15H2,1-2H3,(H,27,32). The molecule has 0 saturated heterocycles. The number of nitrogens with zero attached hydrogens (tertiary/aromatic N) is 3. The smallest absolute Gasteiger partial charge is 0.294 e. The quantitative estimate of drug-likeness (QED) is 0.318. The molecule has 0 fully saturated rings. The molecule has 1 heterocycles. The molecule has 9 heteroatoms. The molecular weight excluding hydrogens is 448 g/mol. The zero-order valence-corrected chi connectivity index (χ0v) is 19.1. The predicted molar refractivity (Wildman–Crippen MR) is 131 cm³/mol. The Balaban J connectivity index is 1.67. The van der Waals surface area contributed by atoms with E-state index in [1.807, 2.05) is 30.3 Å². The molecule has 1 amide bonds. The molecular formula is C26H22N4O5. The number of carbonyl (C=O) groups excluding carboxylic acids is 1. The summed E-state index contributed by atoms with van der Waals surface area (Å²) in [6.07, 6.45) is 0.584. The maximum Gasteiger partial charge on any atom is 0.294 e. The van der Waals surface area contributed by atoms with E-state index in [9.17, 15) is 19.7 Å². The van der Waals surface area contributed by atoms with Gasteiger partial charge in [0.15, 0.2) is 5.69 Å². The first kappa shape index (κ1) is 23.4. The molecule has 4 aromatic rings. The highest BCUT2D eigenvalue weighted by atomic mass is 16.6. The second-order valence-corrected chi connectivity index (χ2v) is 7.80. The summed E-state index contributed by atoms with van der Waals surface area (Å²) in [5.74, 6) is -0.0581. The average Bonchev–Trinajstić information content (AvgIpc) is 2.85. The molecule has 1 aromatic heterocycles. The highest BCUT2D eigenvalue weighted by Crippen LogP contribution is 2.26. The molecule has 3 aromatic carbocycles. The largest absolute Gasteiger partial charge is 0.496 e. The number of nitro benzene ring substituents is 1. The number of nitrogens with one attached hydrogen (secondary N) is 1. The number of anilines is 1. The first-order valence-electron chi connectivity index (χ1n) is 10.7. The van der Waals surface area contributed by atoms with Gasteiger partial charge in [0.05, 0.1) is 12.0 Å². The van der Waals surface area contributed by atoms with Crippen molar-refractivity contribution in [3.05, 3.63) is 122 Å². The number of rotatable bonds is 7. The van der Waals surface area contributed by atoms with E-state index in [1.54, 1.807) is 38.3 Å². The van der Waals surface area contributed by atoms with Gasteiger partial charge in [-0.1, -0.05) is 42.5 Å². The van der Waals surface area contributed by atoms with Crippen molar-refractivity contribution in [1.29, 1.82) is 0 Å². The minimum atomic E-state index is -0.724. The number of hydrogen-bond donors (Lipinski definition) is 1. The maximum atomic E-state index is 13.0. The Labute approximate surface area is 200 Å². The number of benzene rings is 3. The lowest BCUT2D eigenvalue weighted by Gasteiger charge is -2.13. The van der Waals surface area contributed by atoms with E-state index in [0.29, 0.717) is 23.6 Å². The van der Waals surface area contributed by atoms with Crippen molar-refractivity contribution in [3.8, 4) is 11.4 Å². The molecule has 0 spiro atoms. The van der Waals surface area contributed by atoms with E-state index < -0.39 is 16.3 Å². The summed E-state index contributed by atoms with van der Waals surface area (Å²) in [6.45, 7) is 1.59. The van der Waals surface area contributed by atoms with Crippen LogP contribution in [0, 0.1) is 17.0 Å². The third-order valence-corrected chi connectivity index (χ3v) is 5.40. The molecule has 1 N–H and O–H groups in total. The van der Waals surface area contributed by atoms with Crippen LogP contribution in [-0.2, 0) is 6.42 Å². The third-order valence-electron chi connectivity index (χ3n) is 5.40. The van der Waals surface area contributed by atoms with E-state index >= 15 is 0 Å². The van der Waals surface area contributed by atoms with Gasteiger partial charge in [-0.3, -0.25) is 19.7 Å². The van der Waals surface area contributed by atoms with Crippen molar-refractivity contribution in [3.63, 3.8) is 0 Å². The second-order valence-electron chi connectivity index (χ2n) is 7.80. The fourth-order valence-corrected chi connectivity index (χ4v) is 3.75. The number of methoxy groups -OCH3 is 1. The van der Waals surface area contributed by atoms with Gasteiger partial charge in [0.25, 0.3) is 11.6 Å². The van der Waals surface area contributed by atoms with Crippen LogP contribution < -0.4 is 15.5 Å². The van der Waals surface area contributed by atoms with E-state index in [4.69, 9.17) is 4.74 Å². The third kappa shape index (κ3) is 5.09. The zero-order chi connectivity index (χ0) is 24.9.